The molecule has 3 aromatic rings. The van der Waals surface area contributed by atoms with E-state index in [0.717, 1.165) is 18.2 Å². The zero-order chi connectivity index (χ0) is 26.1. The number of anilines is 1. The molecule has 1 atom stereocenters. The van der Waals surface area contributed by atoms with Crippen molar-refractivity contribution in [1.82, 2.24) is 9.88 Å². The molecule has 4 rings (SSSR count). The van der Waals surface area contributed by atoms with Gasteiger partial charge in [-0.3, -0.25) is 9.62 Å². The van der Waals surface area contributed by atoms with Crippen LogP contribution in [0.2, 0.25) is 5.02 Å². The van der Waals surface area contributed by atoms with Crippen molar-refractivity contribution >= 4 is 38.8 Å². The Morgan fingerprint density at radius 3 is 2.53 bits per heavy atom. The molecule has 2 aromatic carbocycles. The lowest BCUT2D eigenvalue weighted by Crippen LogP contribution is -2.39. The number of likely N-dealkylation sites (tertiary alicyclic amines) is 1. The van der Waals surface area contributed by atoms with Crippen LogP contribution in [0.1, 0.15) is 36.9 Å². The maximum Gasteiger partial charge on any atom is 0.416 e. The quantitative estimate of drug-likeness (QED) is 0.339. The van der Waals surface area contributed by atoms with Crippen molar-refractivity contribution in [3.8, 4) is 5.75 Å². The summed E-state index contributed by atoms with van der Waals surface area (Å²) in [4.78, 5) is 5.76. The fraction of sp³-hybridized carbons (Fsp3) is 0.348. The summed E-state index contributed by atoms with van der Waals surface area (Å²) in [5, 5.41) is 1.68. The molecule has 1 N–H and O–H groups in total. The molecule has 1 unspecified atom stereocenters. The molecule has 0 aliphatic carbocycles. The average Bonchev–Trinajstić information content (AvgIpc) is 3.32. The molecule has 6 nitrogen and oxygen atoms in total. The SMILES string of the molecule is CC(c1cc(C(F)(F)F)ccc1F)N1CCC(Oc2ccc(S(=O)(=O)Nc3cscn3)cc2Cl)CC1. The summed E-state index contributed by atoms with van der Waals surface area (Å²) >= 11 is 7.54. The van der Waals surface area contributed by atoms with E-state index in [4.69, 9.17) is 16.3 Å². The lowest BCUT2D eigenvalue weighted by atomic mass is 9.99. The van der Waals surface area contributed by atoms with Crippen LogP contribution in [0, 0.1) is 5.82 Å². The van der Waals surface area contributed by atoms with Gasteiger partial charge in [0.05, 0.1) is 21.0 Å². The van der Waals surface area contributed by atoms with E-state index in [2.05, 4.69) is 9.71 Å². The van der Waals surface area contributed by atoms with Crippen LogP contribution in [0.4, 0.5) is 23.4 Å². The van der Waals surface area contributed by atoms with Crippen molar-refractivity contribution in [3.05, 3.63) is 69.3 Å². The molecular weight excluding hydrogens is 542 g/mol. The minimum absolute atomic E-state index is 0.00435. The summed E-state index contributed by atoms with van der Waals surface area (Å²) in [5.41, 5.74) is 0.616. The van der Waals surface area contributed by atoms with E-state index in [9.17, 15) is 26.0 Å². The van der Waals surface area contributed by atoms with Gasteiger partial charge in [-0.1, -0.05) is 11.6 Å². The minimum Gasteiger partial charge on any atom is -0.489 e. The van der Waals surface area contributed by atoms with Crippen molar-refractivity contribution in [2.75, 3.05) is 17.8 Å². The number of sulfonamides is 1. The number of nitrogens with zero attached hydrogens (tertiary/aromatic N) is 2. The van der Waals surface area contributed by atoms with E-state index in [1.54, 1.807) is 12.3 Å². The normalized spacial score (nSPS) is 16.6. The highest BCUT2D eigenvalue weighted by Gasteiger charge is 2.33. The van der Waals surface area contributed by atoms with Gasteiger partial charge in [0.1, 0.15) is 17.7 Å². The molecular formula is C23H22ClF4N3O3S2. The van der Waals surface area contributed by atoms with Gasteiger partial charge >= 0.3 is 6.18 Å². The first kappa shape index (κ1) is 26.6. The topological polar surface area (TPSA) is 71.5 Å². The smallest absolute Gasteiger partial charge is 0.416 e. The second-order valence-corrected chi connectivity index (χ2v) is 11.1. The lowest BCUT2D eigenvalue weighted by molar-refractivity contribution is -0.137. The summed E-state index contributed by atoms with van der Waals surface area (Å²) in [5.74, 6) is -0.151. The number of rotatable bonds is 7. The monoisotopic (exact) mass is 563 g/mol. The molecule has 0 spiro atoms. The first-order valence-electron chi connectivity index (χ1n) is 10.9. The second kappa shape index (κ2) is 10.5. The van der Waals surface area contributed by atoms with Crippen LogP contribution in [0.5, 0.6) is 5.75 Å². The van der Waals surface area contributed by atoms with Crippen molar-refractivity contribution in [3.63, 3.8) is 0 Å². The predicted octanol–water partition coefficient (Wildman–Crippen LogP) is 6.36. The Bertz CT molecular complexity index is 1310. The number of nitrogens with one attached hydrogen (secondary N) is 1. The number of halogens is 5. The number of alkyl halides is 3. The number of thiazole rings is 1. The summed E-state index contributed by atoms with van der Waals surface area (Å²) < 4.78 is 86.9. The molecule has 1 aromatic heterocycles. The minimum atomic E-state index is -4.55. The standard InChI is InChI=1S/C23H22ClF4N3O3S2/c1-14(18-10-15(23(26,27)28)2-4-20(18)25)31-8-6-16(7-9-31)34-21-5-3-17(11-19(21)24)36(32,33)30-22-12-35-13-29-22/h2-5,10-14,16,30H,6-9H2,1H3. The van der Waals surface area contributed by atoms with E-state index >= 15 is 0 Å². The zero-order valence-corrected chi connectivity index (χ0v) is 21.3. The van der Waals surface area contributed by atoms with Gasteiger partial charge in [0, 0.05) is 30.1 Å². The highest BCUT2D eigenvalue weighted by molar-refractivity contribution is 7.92. The first-order valence-corrected chi connectivity index (χ1v) is 13.7. The van der Waals surface area contributed by atoms with Gasteiger partial charge in [0.2, 0.25) is 0 Å². The molecule has 36 heavy (non-hydrogen) atoms. The Morgan fingerprint density at radius 1 is 1.19 bits per heavy atom. The van der Waals surface area contributed by atoms with Crippen LogP contribution in [0.25, 0.3) is 0 Å². The van der Waals surface area contributed by atoms with Gasteiger partial charge < -0.3 is 4.74 Å². The van der Waals surface area contributed by atoms with Crippen LogP contribution in [-0.4, -0.2) is 37.5 Å². The Labute approximate surface area is 214 Å². The average molecular weight is 564 g/mol. The van der Waals surface area contributed by atoms with Crippen LogP contribution >= 0.6 is 22.9 Å². The van der Waals surface area contributed by atoms with Crippen LogP contribution < -0.4 is 9.46 Å². The van der Waals surface area contributed by atoms with Crippen molar-refractivity contribution < 1.29 is 30.7 Å². The fourth-order valence-corrected chi connectivity index (χ4v) is 5.87. The Hall–Kier alpha value is -2.41. The molecule has 1 aliphatic heterocycles. The molecule has 0 saturated carbocycles. The lowest BCUT2D eigenvalue weighted by Gasteiger charge is -2.36. The molecule has 1 aliphatic rings. The highest BCUT2D eigenvalue weighted by atomic mass is 35.5. The van der Waals surface area contributed by atoms with Gasteiger partial charge in [-0.15, -0.1) is 11.3 Å². The summed E-state index contributed by atoms with van der Waals surface area (Å²) in [6, 6.07) is 6.05. The number of aromatic nitrogens is 1. The molecule has 2 heterocycles. The van der Waals surface area contributed by atoms with Gasteiger partial charge in [-0.25, -0.2) is 17.8 Å². The molecule has 1 fully saturated rings. The van der Waals surface area contributed by atoms with E-state index in [-0.39, 0.29) is 27.4 Å². The van der Waals surface area contributed by atoms with Crippen molar-refractivity contribution in [2.24, 2.45) is 0 Å². The maximum absolute atomic E-state index is 14.3. The van der Waals surface area contributed by atoms with Crippen LogP contribution in [-0.2, 0) is 16.2 Å². The molecule has 194 valence electrons. The van der Waals surface area contributed by atoms with Crippen molar-refractivity contribution in [1.29, 1.82) is 0 Å². The second-order valence-electron chi connectivity index (χ2n) is 8.33. The number of hydrogen-bond donors (Lipinski definition) is 1. The van der Waals surface area contributed by atoms with E-state index in [1.807, 2.05) is 4.90 Å². The molecule has 13 heteroatoms. The predicted molar refractivity (Wildman–Crippen MR) is 129 cm³/mol. The Morgan fingerprint density at radius 2 is 1.92 bits per heavy atom. The van der Waals surface area contributed by atoms with Gasteiger partial charge in [-0.2, -0.15) is 13.2 Å². The van der Waals surface area contributed by atoms with E-state index < -0.39 is 33.6 Å². The number of benzene rings is 2. The van der Waals surface area contributed by atoms with Crippen molar-refractivity contribution in [2.45, 2.75) is 43.0 Å². The zero-order valence-electron chi connectivity index (χ0n) is 18.9. The van der Waals surface area contributed by atoms with Gasteiger partial charge in [0.25, 0.3) is 10.0 Å². The van der Waals surface area contributed by atoms with E-state index in [0.29, 0.717) is 31.7 Å². The Kier molecular flexibility index (Phi) is 7.79. The van der Waals surface area contributed by atoms with Crippen LogP contribution in [0.3, 0.4) is 0 Å². The summed E-state index contributed by atoms with van der Waals surface area (Å²) in [6.45, 7) is 2.63. The highest BCUT2D eigenvalue weighted by Crippen LogP contribution is 2.35. The van der Waals surface area contributed by atoms with Gasteiger partial charge in [0.15, 0.2) is 5.82 Å². The number of hydrogen-bond acceptors (Lipinski definition) is 6. The fourth-order valence-electron chi connectivity index (χ4n) is 4.00. The molecule has 0 radical (unpaired) electrons. The number of ether oxygens (including phenoxy) is 1. The third-order valence-corrected chi connectivity index (χ3v) is 8.21. The molecule has 0 bridgehead atoms. The largest absolute Gasteiger partial charge is 0.489 e. The summed E-state index contributed by atoms with van der Waals surface area (Å²) in [6.07, 6.45) is -3.72. The number of piperidine rings is 1. The third kappa shape index (κ3) is 6.10. The van der Waals surface area contributed by atoms with Gasteiger partial charge in [-0.05, 0) is 56.2 Å². The van der Waals surface area contributed by atoms with Crippen LogP contribution in [0.15, 0.2) is 52.2 Å². The maximum atomic E-state index is 14.3. The molecule has 1 saturated heterocycles. The summed E-state index contributed by atoms with van der Waals surface area (Å²) in [7, 11) is -3.87. The van der Waals surface area contributed by atoms with E-state index in [1.165, 1.54) is 35.0 Å². The first-order chi connectivity index (χ1) is 16.9. The molecule has 0 amide bonds. The third-order valence-electron chi connectivity index (χ3n) is 5.98. The Balaban J connectivity index is 1.38.